The molecule has 0 amide bonds. The van der Waals surface area contributed by atoms with Crippen LogP contribution in [0.4, 0.5) is 4.39 Å². The Balaban J connectivity index is 2.29. The van der Waals surface area contributed by atoms with E-state index in [1.807, 2.05) is 24.3 Å². The van der Waals surface area contributed by atoms with Crippen LogP contribution in [0.2, 0.25) is 5.02 Å². The molecule has 0 saturated heterocycles. The number of hydrogen-bond acceptors (Lipinski definition) is 2. The predicted molar refractivity (Wildman–Crippen MR) is 84.3 cm³/mol. The van der Waals surface area contributed by atoms with Crippen molar-refractivity contribution in [3.8, 4) is 0 Å². The van der Waals surface area contributed by atoms with Gasteiger partial charge < -0.3 is 0 Å². The summed E-state index contributed by atoms with van der Waals surface area (Å²) < 4.78 is 14.8. The quantitative estimate of drug-likeness (QED) is 0.473. The van der Waals surface area contributed by atoms with Crippen molar-refractivity contribution in [2.45, 2.75) is 12.5 Å². The molecule has 0 aliphatic rings. The van der Waals surface area contributed by atoms with E-state index in [1.165, 1.54) is 12.1 Å². The van der Waals surface area contributed by atoms with Crippen molar-refractivity contribution in [2.75, 3.05) is 0 Å². The lowest BCUT2D eigenvalue weighted by molar-refractivity contribution is 0.527. The zero-order chi connectivity index (χ0) is 13.8. The average Bonchev–Trinajstić information content (AvgIpc) is 2.41. The maximum Gasteiger partial charge on any atom is 0.126 e. The van der Waals surface area contributed by atoms with Gasteiger partial charge >= 0.3 is 0 Å². The second kappa shape index (κ2) is 6.65. The molecule has 2 aromatic carbocycles. The number of halogens is 3. The van der Waals surface area contributed by atoms with Gasteiger partial charge in [-0.3, -0.25) is 11.3 Å². The first-order chi connectivity index (χ1) is 9.11. The third-order valence-corrected chi connectivity index (χ3v) is 4.13. The van der Waals surface area contributed by atoms with Crippen LogP contribution in [0, 0.1) is 9.39 Å². The summed E-state index contributed by atoms with van der Waals surface area (Å²) in [4.78, 5) is 0. The van der Waals surface area contributed by atoms with Crippen LogP contribution in [0.5, 0.6) is 0 Å². The molecule has 100 valence electrons. The SMILES string of the molecule is NNC(Cc1cc(Cl)ccc1F)c1ccccc1I. The Labute approximate surface area is 130 Å². The summed E-state index contributed by atoms with van der Waals surface area (Å²) >= 11 is 8.14. The molecule has 19 heavy (non-hydrogen) atoms. The lowest BCUT2D eigenvalue weighted by atomic mass is 9.99. The number of hydrazine groups is 1. The summed E-state index contributed by atoms with van der Waals surface area (Å²) in [6.45, 7) is 0. The monoisotopic (exact) mass is 390 g/mol. The Kier molecular flexibility index (Phi) is 5.15. The molecule has 0 spiro atoms. The van der Waals surface area contributed by atoms with E-state index in [-0.39, 0.29) is 11.9 Å². The van der Waals surface area contributed by atoms with Crippen molar-refractivity contribution in [3.05, 3.63) is 68.0 Å². The summed E-state index contributed by atoms with van der Waals surface area (Å²) in [5.74, 6) is 5.33. The minimum absolute atomic E-state index is 0.152. The number of nitrogens with two attached hydrogens (primary N) is 1. The molecule has 2 rings (SSSR count). The van der Waals surface area contributed by atoms with Gasteiger partial charge in [0.05, 0.1) is 6.04 Å². The van der Waals surface area contributed by atoms with E-state index in [1.54, 1.807) is 6.07 Å². The van der Waals surface area contributed by atoms with Crippen LogP contribution >= 0.6 is 34.2 Å². The molecule has 2 nitrogen and oxygen atoms in total. The average molecular weight is 391 g/mol. The van der Waals surface area contributed by atoms with Crippen molar-refractivity contribution < 1.29 is 4.39 Å². The van der Waals surface area contributed by atoms with Gasteiger partial charge in [0.15, 0.2) is 0 Å². The van der Waals surface area contributed by atoms with Gasteiger partial charge in [0, 0.05) is 8.59 Å². The highest BCUT2D eigenvalue weighted by molar-refractivity contribution is 14.1. The molecule has 0 heterocycles. The van der Waals surface area contributed by atoms with Crippen LogP contribution in [-0.4, -0.2) is 0 Å². The smallest absolute Gasteiger partial charge is 0.126 e. The molecule has 3 N–H and O–H groups in total. The second-order valence-corrected chi connectivity index (χ2v) is 5.78. The summed E-state index contributed by atoms with van der Waals surface area (Å²) in [6.07, 6.45) is 0.447. The maximum atomic E-state index is 13.8. The lowest BCUT2D eigenvalue weighted by Crippen LogP contribution is -2.30. The zero-order valence-corrected chi connectivity index (χ0v) is 13.0. The summed E-state index contributed by atoms with van der Waals surface area (Å²) in [5, 5.41) is 0.523. The van der Waals surface area contributed by atoms with Crippen LogP contribution in [0.25, 0.3) is 0 Å². The van der Waals surface area contributed by atoms with Crippen molar-refractivity contribution in [3.63, 3.8) is 0 Å². The fourth-order valence-corrected chi connectivity index (χ4v) is 2.89. The van der Waals surface area contributed by atoms with Gasteiger partial charge in [0.25, 0.3) is 0 Å². The van der Waals surface area contributed by atoms with Crippen LogP contribution < -0.4 is 11.3 Å². The summed E-state index contributed by atoms with van der Waals surface area (Å²) in [6, 6.07) is 12.3. The fourth-order valence-electron chi connectivity index (χ4n) is 1.94. The second-order valence-electron chi connectivity index (χ2n) is 4.18. The van der Waals surface area contributed by atoms with E-state index < -0.39 is 0 Å². The van der Waals surface area contributed by atoms with Gasteiger partial charge in [0.2, 0.25) is 0 Å². The third kappa shape index (κ3) is 3.66. The highest BCUT2D eigenvalue weighted by atomic mass is 127. The van der Waals surface area contributed by atoms with Gasteiger partial charge in [-0.2, -0.15) is 0 Å². The molecule has 5 heteroatoms. The number of benzene rings is 2. The van der Waals surface area contributed by atoms with Crippen LogP contribution in [0.3, 0.4) is 0 Å². The predicted octanol–water partition coefficient (Wildman–Crippen LogP) is 3.83. The van der Waals surface area contributed by atoms with E-state index in [0.717, 1.165) is 9.13 Å². The van der Waals surface area contributed by atoms with Crippen LogP contribution in [-0.2, 0) is 6.42 Å². The molecule has 0 saturated carbocycles. The molecule has 0 fully saturated rings. The first kappa shape index (κ1) is 14.7. The van der Waals surface area contributed by atoms with Crippen LogP contribution in [0.15, 0.2) is 42.5 Å². The van der Waals surface area contributed by atoms with E-state index in [0.29, 0.717) is 17.0 Å². The molecule has 1 atom stereocenters. The minimum Gasteiger partial charge on any atom is -0.271 e. The standard InChI is InChI=1S/C14H13ClFIN2/c15-10-5-6-12(16)9(7-10)8-14(19-18)11-3-1-2-4-13(11)17/h1-7,14,19H,8,18H2. The molecule has 0 aliphatic carbocycles. The zero-order valence-electron chi connectivity index (χ0n) is 10.0. The summed E-state index contributed by atoms with van der Waals surface area (Å²) in [5.41, 5.74) is 4.34. The van der Waals surface area contributed by atoms with E-state index in [9.17, 15) is 4.39 Å². The molecule has 2 aromatic rings. The molecule has 0 aromatic heterocycles. The van der Waals surface area contributed by atoms with Crippen molar-refractivity contribution in [1.29, 1.82) is 0 Å². The maximum absolute atomic E-state index is 13.8. The van der Waals surface area contributed by atoms with Gasteiger partial charge in [-0.25, -0.2) is 4.39 Å². The minimum atomic E-state index is -0.268. The van der Waals surface area contributed by atoms with Gasteiger partial charge in [-0.05, 0) is 64.4 Å². The number of hydrogen-bond donors (Lipinski definition) is 2. The highest BCUT2D eigenvalue weighted by Gasteiger charge is 2.15. The molecular formula is C14H13ClFIN2. The lowest BCUT2D eigenvalue weighted by Gasteiger charge is -2.18. The highest BCUT2D eigenvalue weighted by Crippen LogP contribution is 2.25. The fraction of sp³-hybridized carbons (Fsp3) is 0.143. The van der Waals surface area contributed by atoms with E-state index in [4.69, 9.17) is 17.4 Å². The Morgan fingerprint density at radius 2 is 2.00 bits per heavy atom. The Morgan fingerprint density at radius 3 is 2.68 bits per heavy atom. The normalized spacial score (nSPS) is 12.4. The van der Waals surface area contributed by atoms with Crippen LogP contribution in [0.1, 0.15) is 17.2 Å². The molecular weight excluding hydrogens is 378 g/mol. The molecule has 0 aliphatic heterocycles. The summed E-state index contributed by atoms with van der Waals surface area (Å²) in [7, 11) is 0. The molecule has 0 radical (unpaired) electrons. The van der Waals surface area contributed by atoms with E-state index >= 15 is 0 Å². The van der Waals surface area contributed by atoms with Crippen molar-refractivity contribution in [2.24, 2.45) is 5.84 Å². The first-order valence-corrected chi connectivity index (χ1v) is 7.22. The molecule has 0 bridgehead atoms. The first-order valence-electron chi connectivity index (χ1n) is 5.76. The Bertz CT molecular complexity index is 577. The van der Waals surface area contributed by atoms with E-state index in [2.05, 4.69) is 28.0 Å². The van der Waals surface area contributed by atoms with Gasteiger partial charge in [-0.1, -0.05) is 29.8 Å². The Hall–Kier alpha value is -0.690. The topological polar surface area (TPSA) is 38.0 Å². The number of rotatable bonds is 4. The van der Waals surface area contributed by atoms with Crippen molar-refractivity contribution in [1.82, 2.24) is 5.43 Å². The third-order valence-electron chi connectivity index (χ3n) is 2.91. The Morgan fingerprint density at radius 1 is 1.26 bits per heavy atom. The van der Waals surface area contributed by atoms with Gasteiger partial charge in [-0.15, -0.1) is 0 Å². The number of nitrogens with one attached hydrogen (secondary N) is 1. The van der Waals surface area contributed by atoms with Gasteiger partial charge in [0.1, 0.15) is 5.82 Å². The molecule has 1 unspecified atom stereocenters. The van der Waals surface area contributed by atoms with Crippen molar-refractivity contribution >= 4 is 34.2 Å². The largest absolute Gasteiger partial charge is 0.271 e.